The fourth-order valence-corrected chi connectivity index (χ4v) is 2.61. The van der Waals surface area contributed by atoms with E-state index in [0.29, 0.717) is 6.54 Å². The van der Waals surface area contributed by atoms with E-state index in [4.69, 9.17) is 5.11 Å². The highest BCUT2D eigenvalue weighted by Gasteiger charge is 2.30. The summed E-state index contributed by atoms with van der Waals surface area (Å²) in [4.78, 5) is 38.6. The molecule has 0 saturated carbocycles. The highest BCUT2D eigenvalue weighted by Crippen LogP contribution is 2.09. The molecule has 1 atom stereocenters. The Labute approximate surface area is 137 Å². The summed E-state index contributed by atoms with van der Waals surface area (Å²) >= 11 is 0. The molecular weight excluding hydrogens is 300 g/mol. The van der Waals surface area contributed by atoms with E-state index >= 15 is 0 Å². The SMILES string of the molecule is CCN1CCN(CC)C(C(=O)NCCC(=O)NCCC(=O)O)C1. The Hall–Kier alpha value is -1.67. The van der Waals surface area contributed by atoms with Crippen molar-refractivity contribution in [3.05, 3.63) is 0 Å². The van der Waals surface area contributed by atoms with Gasteiger partial charge in [0.05, 0.1) is 6.42 Å². The van der Waals surface area contributed by atoms with Crippen LogP contribution in [0.15, 0.2) is 0 Å². The van der Waals surface area contributed by atoms with E-state index in [-0.39, 0.29) is 43.8 Å². The number of nitrogens with zero attached hydrogens (tertiary/aromatic N) is 2. The number of amides is 2. The number of hydrogen-bond donors (Lipinski definition) is 3. The van der Waals surface area contributed by atoms with E-state index < -0.39 is 5.97 Å². The van der Waals surface area contributed by atoms with Gasteiger partial charge in [-0.2, -0.15) is 0 Å². The van der Waals surface area contributed by atoms with E-state index in [1.165, 1.54) is 0 Å². The molecular formula is C15H28N4O4. The summed E-state index contributed by atoms with van der Waals surface area (Å²) in [6, 6.07) is -0.177. The van der Waals surface area contributed by atoms with Gasteiger partial charge in [0.15, 0.2) is 0 Å². The molecule has 1 saturated heterocycles. The van der Waals surface area contributed by atoms with E-state index in [1.54, 1.807) is 0 Å². The van der Waals surface area contributed by atoms with E-state index in [9.17, 15) is 14.4 Å². The van der Waals surface area contributed by atoms with Gasteiger partial charge >= 0.3 is 5.97 Å². The van der Waals surface area contributed by atoms with Crippen LogP contribution >= 0.6 is 0 Å². The average molecular weight is 328 g/mol. The van der Waals surface area contributed by atoms with Crippen molar-refractivity contribution in [3.63, 3.8) is 0 Å². The van der Waals surface area contributed by atoms with Crippen molar-refractivity contribution in [2.24, 2.45) is 0 Å². The number of nitrogens with one attached hydrogen (secondary N) is 2. The van der Waals surface area contributed by atoms with E-state index in [0.717, 1.165) is 26.2 Å². The summed E-state index contributed by atoms with van der Waals surface area (Å²) in [7, 11) is 0. The van der Waals surface area contributed by atoms with Gasteiger partial charge in [-0.15, -0.1) is 0 Å². The Kier molecular flexibility index (Phi) is 8.57. The van der Waals surface area contributed by atoms with Crippen molar-refractivity contribution in [3.8, 4) is 0 Å². The first kappa shape index (κ1) is 19.4. The first-order chi connectivity index (χ1) is 11.0. The van der Waals surface area contributed by atoms with Crippen LogP contribution in [0.5, 0.6) is 0 Å². The summed E-state index contributed by atoms with van der Waals surface area (Å²) in [5.41, 5.74) is 0. The van der Waals surface area contributed by atoms with Gasteiger partial charge in [-0.1, -0.05) is 13.8 Å². The number of aliphatic carboxylic acids is 1. The van der Waals surface area contributed by atoms with E-state index in [2.05, 4.69) is 27.4 Å². The van der Waals surface area contributed by atoms with Gasteiger partial charge in [0.1, 0.15) is 6.04 Å². The zero-order chi connectivity index (χ0) is 17.2. The maximum atomic E-state index is 12.3. The fraction of sp³-hybridized carbons (Fsp3) is 0.800. The van der Waals surface area contributed by atoms with E-state index in [1.807, 2.05) is 6.92 Å². The van der Waals surface area contributed by atoms with Crippen LogP contribution in [0.1, 0.15) is 26.7 Å². The molecule has 1 aliphatic rings. The van der Waals surface area contributed by atoms with Crippen LogP contribution in [0.25, 0.3) is 0 Å². The van der Waals surface area contributed by atoms with Gasteiger partial charge in [0.2, 0.25) is 11.8 Å². The summed E-state index contributed by atoms with van der Waals surface area (Å²) in [5, 5.41) is 13.8. The molecule has 0 aromatic rings. The van der Waals surface area contributed by atoms with Gasteiger partial charge < -0.3 is 20.6 Å². The molecule has 0 aromatic heterocycles. The molecule has 1 unspecified atom stereocenters. The second-order valence-electron chi connectivity index (χ2n) is 5.57. The number of carboxylic acid groups (broad SMARTS) is 1. The van der Waals surface area contributed by atoms with Gasteiger partial charge in [-0.25, -0.2) is 0 Å². The van der Waals surface area contributed by atoms with Gasteiger partial charge in [-0.3, -0.25) is 19.3 Å². The molecule has 1 heterocycles. The molecule has 23 heavy (non-hydrogen) atoms. The topological polar surface area (TPSA) is 102 Å². The lowest BCUT2D eigenvalue weighted by Crippen LogP contribution is -2.58. The second-order valence-corrected chi connectivity index (χ2v) is 5.57. The molecule has 0 aliphatic carbocycles. The monoisotopic (exact) mass is 328 g/mol. The van der Waals surface area contributed by atoms with Crippen LogP contribution < -0.4 is 10.6 Å². The van der Waals surface area contributed by atoms with Gasteiger partial charge in [-0.05, 0) is 13.1 Å². The van der Waals surface area contributed by atoms with Crippen molar-refractivity contribution < 1.29 is 19.5 Å². The number of likely N-dealkylation sites (N-methyl/N-ethyl adjacent to an activating group) is 2. The van der Waals surface area contributed by atoms with Crippen LogP contribution in [-0.2, 0) is 14.4 Å². The lowest BCUT2D eigenvalue weighted by atomic mass is 10.1. The highest BCUT2D eigenvalue weighted by molar-refractivity contribution is 5.83. The highest BCUT2D eigenvalue weighted by atomic mass is 16.4. The lowest BCUT2D eigenvalue weighted by Gasteiger charge is -2.39. The summed E-state index contributed by atoms with van der Waals surface area (Å²) in [6.07, 6.45) is 0.0557. The quantitative estimate of drug-likeness (QED) is 0.507. The third kappa shape index (κ3) is 6.96. The molecule has 0 radical (unpaired) electrons. The first-order valence-corrected chi connectivity index (χ1v) is 8.20. The van der Waals surface area contributed by atoms with Crippen LogP contribution in [0.4, 0.5) is 0 Å². The predicted molar refractivity (Wildman–Crippen MR) is 86.0 cm³/mol. The Morgan fingerprint density at radius 3 is 2.35 bits per heavy atom. The van der Waals surface area contributed by atoms with Crippen molar-refractivity contribution in [1.82, 2.24) is 20.4 Å². The Bertz CT molecular complexity index is 416. The zero-order valence-electron chi connectivity index (χ0n) is 14.0. The normalized spacial score (nSPS) is 19.3. The maximum Gasteiger partial charge on any atom is 0.305 e. The lowest BCUT2D eigenvalue weighted by molar-refractivity contribution is -0.137. The number of rotatable bonds is 9. The van der Waals surface area contributed by atoms with Gasteiger partial charge in [0, 0.05) is 39.1 Å². The Morgan fingerprint density at radius 1 is 1.04 bits per heavy atom. The molecule has 0 aromatic carbocycles. The fourth-order valence-electron chi connectivity index (χ4n) is 2.61. The van der Waals surface area contributed by atoms with Crippen LogP contribution in [0, 0.1) is 0 Å². The average Bonchev–Trinajstić information content (AvgIpc) is 2.53. The van der Waals surface area contributed by atoms with Crippen LogP contribution in [-0.4, -0.2) is 84.5 Å². The number of hydrogen-bond acceptors (Lipinski definition) is 5. The third-order valence-corrected chi connectivity index (χ3v) is 4.04. The number of carbonyl (C=O) groups excluding carboxylic acids is 2. The van der Waals surface area contributed by atoms with Crippen LogP contribution in [0.3, 0.4) is 0 Å². The first-order valence-electron chi connectivity index (χ1n) is 8.20. The summed E-state index contributed by atoms with van der Waals surface area (Å²) in [5.74, 6) is -1.25. The minimum Gasteiger partial charge on any atom is -0.481 e. The molecule has 1 aliphatic heterocycles. The molecule has 132 valence electrons. The summed E-state index contributed by atoms with van der Waals surface area (Å²) < 4.78 is 0. The minimum atomic E-state index is -0.948. The Balaban J connectivity index is 2.31. The zero-order valence-corrected chi connectivity index (χ0v) is 14.0. The number of carboxylic acids is 1. The van der Waals surface area contributed by atoms with Gasteiger partial charge in [0.25, 0.3) is 0 Å². The van der Waals surface area contributed by atoms with Crippen molar-refractivity contribution >= 4 is 17.8 Å². The largest absolute Gasteiger partial charge is 0.481 e. The van der Waals surface area contributed by atoms with Crippen molar-refractivity contribution in [2.45, 2.75) is 32.7 Å². The predicted octanol–water partition coefficient (Wildman–Crippen LogP) is -0.890. The molecule has 2 amide bonds. The van der Waals surface area contributed by atoms with Crippen LogP contribution in [0.2, 0.25) is 0 Å². The second kappa shape index (κ2) is 10.2. The molecule has 8 nitrogen and oxygen atoms in total. The summed E-state index contributed by atoms with van der Waals surface area (Å²) in [6.45, 7) is 8.80. The van der Waals surface area contributed by atoms with Crippen molar-refractivity contribution in [1.29, 1.82) is 0 Å². The standard InChI is InChI=1S/C15H28N4O4/c1-3-18-9-10-19(4-2)12(11-18)15(23)17-7-5-13(20)16-8-6-14(21)22/h12H,3-11H2,1-2H3,(H,16,20)(H,17,23)(H,21,22). The Morgan fingerprint density at radius 2 is 1.74 bits per heavy atom. The molecule has 0 bridgehead atoms. The molecule has 0 spiro atoms. The smallest absolute Gasteiger partial charge is 0.305 e. The number of piperazine rings is 1. The molecule has 3 N–H and O–H groups in total. The number of carbonyl (C=O) groups is 3. The molecule has 1 fully saturated rings. The maximum absolute atomic E-state index is 12.3. The molecule has 8 heteroatoms. The van der Waals surface area contributed by atoms with Crippen molar-refractivity contribution in [2.75, 3.05) is 45.8 Å². The molecule has 1 rings (SSSR count). The third-order valence-electron chi connectivity index (χ3n) is 4.04. The minimum absolute atomic E-state index is 0.0525.